The quantitative estimate of drug-likeness (QED) is 0.473. The normalized spacial score (nSPS) is 11.1. The van der Waals surface area contributed by atoms with Gasteiger partial charge in [0.15, 0.2) is 0 Å². The molecule has 1 N–H and O–H groups in total. The van der Waals surface area contributed by atoms with Gasteiger partial charge >= 0.3 is 5.97 Å². The number of carboxylic acids is 1. The van der Waals surface area contributed by atoms with Crippen molar-refractivity contribution in [3.63, 3.8) is 0 Å². The summed E-state index contributed by atoms with van der Waals surface area (Å²) in [5.41, 5.74) is 3.55. The third kappa shape index (κ3) is 4.74. The van der Waals surface area contributed by atoms with Crippen molar-refractivity contribution in [3.8, 4) is 17.0 Å². The average Bonchev–Trinajstić information content (AvgIpc) is 3.05. The van der Waals surface area contributed by atoms with Crippen molar-refractivity contribution in [2.45, 2.75) is 39.7 Å². The first-order valence-corrected chi connectivity index (χ1v) is 9.90. The third-order valence-corrected chi connectivity index (χ3v) is 5.21. The predicted octanol–water partition coefficient (Wildman–Crippen LogP) is 6.29. The molecule has 2 aromatic carbocycles. The highest BCUT2D eigenvalue weighted by Gasteiger charge is 2.23. The molecule has 0 atom stereocenters. The van der Waals surface area contributed by atoms with Gasteiger partial charge in [-0.3, -0.25) is 4.79 Å². The molecular weight excluding hydrogens is 413 g/mol. The van der Waals surface area contributed by atoms with Crippen LogP contribution < -0.4 is 4.74 Å². The van der Waals surface area contributed by atoms with Crippen LogP contribution in [0.3, 0.4) is 0 Å². The van der Waals surface area contributed by atoms with Crippen LogP contribution in [0, 0.1) is 6.92 Å². The second kappa shape index (κ2) is 8.89. The Morgan fingerprint density at radius 2 is 1.90 bits per heavy atom. The van der Waals surface area contributed by atoms with Crippen molar-refractivity contribution in [1.29, 1.82) is 0 Å². The van der Waals surface area contributed by atoms with Gasteiger partial charge in [0.1, 0.15) is 23.8 Å². The summed E-state index contributed by atoms with van der Waals surface area (Å²) < 4.78 is 11.6. The van der Waals surface area contributed by atoms with Crippen LogP contribution in [-0.2, 0) is 17.8 Å². The molecule has 152 valence electrons. The summed E-state index contributed by atoms with van der Waals surface area (Å²) in [4.78, 5) is 10.9. The molecule has 0 unspecified atom stereocenters. The minimum absolute atomic E-state index is 0.0234. The molecule has 0 fully saturated rings. The van der Waals surface area contributed by atoms with E-state index in [1.807, 2.05) is 26.8 Å². The molecule has 0 aliphatic carbocycles. The van der Waals surface area contributed by atoms with Gasteiger partial charge in [-0.25, -0.2) is 0 Å². The molecule has 0 bridgehead atoms. The van der Waals surface area contributed by atoms with Gasteiger partial charge in [-0.15, -0.1) is 0 Å². The molecule has 29 heavy (non-hydrogen) atoms. The minimum Gasteiger partial charge on any atom is -0.489 e. The number of carbonyl (C=O) groups is 1. The maximum absolute atomic E-state index is 10.9. The molecule has 3 aromatic rings. The van der Waals surface area contributed by atoms with Crippen LogP contribution >= 0.6 is 23.2 Å². The molecule has 0 aliphatic rings. The fraction of sp³-hybridized carbons (Fsp3) is 0.273. The number of ether oxygens (including phenoxy) is 1. The Kier molecular flexibility index (Phi) is 6.50. The lowest BCUT2D eigenvalue weighted by molar-refractivity contribution is -0.136. The van der Waals surface area contributed by atoms with Gasteiger partial charge in [-0.05, 0) is 42.3 Å². The second-order valence-electron chi connectivity index (χ2n) is 7.07. The van der Waals surface area contributed by atoms with Gasteiger partial charge in [0, 0.05) is 11.5 Å². The number of rotatable bonds is 7. The maximum atomic E-state index is 10.9. The van der Waals surface area contributed by atoms with Crippen molar-refractivity contribution in [2.75, 3.05) is 0 Å². The number of hydrogen-bond donors (Lipinski definition) is 1. The summed E-state index contributed by atoms with van der Waals surface area (Å²) in [6.07, 6.45) is -0.0234. The van der Waals surface area contributed by atoms with Crippen molar-refractivity contribution in [1.82, 2.24) is 5.16 Å². The first-order valence-electron chi connectivity index (χ1n) is 9.14. The molecule has 7 heteroatoms. The maximum Gasteiger partial charge on any atom is 0.307 e. The summed E-state index contributed by atoms with van der Waals surface area (Å²) in [6.45, 7) is 6.09. The number of halogens is 2. The zero-order valence-corrected chi connectivity index (χ0v) is 17.8. The topological polar surface area (TPSA) is 72.6 Å². The Morgan fingerprint density at radius 3 is 2.48 bits per heavy atom. The van der Waals surface area contributed by atoms with Gasteiger partial charge in [0.2, 0.25) is 0 Å². The Balaban J connectivity index is 1.92. The van der Waals surface area contributed by atoms with Crippen LogP contribution in [0.5, 0.6) is 5.75 Å². The number of nitrogens with zero attached hydrogens (tertiary/aromatic N) is 1. The van der Waals surface area contributed by atoms with E-state index < -0.39 is 5.97 Å². The fourth-order valence-electron chi connectivity index (χ4n) is 3.11. The number of aliphatic carboxylic acids is 1. The fourth-order valence-corrected chi connectivity index (χ4v) is 3.69. The van der Waals surface area contributed by atoms with Crippen LogP contribution in [0.15, 0.2) is 40.9 Å². The van der Waals surface area contributed by atoms with E-state index >= 15 is 0 Å². The zero-order valence-electron chi connectivity index (χ0n) is 16.3. The highest BCUT2D eigenvalue weighted by molar-refractivity contribution is 6.39. The Labute approximate surface area is 179 Å². The van der Waals surface area contributed by atoms with Crippen LogP contribution in [-0.4, -0.2) is 16.2 Å². The lowest BCUT2D eigenvalue weighted by Crippen LogP contribution is -2.04. The van der Waals surface area contributed by atoms with Gasteiger partial charge in [-0.2, -0.15) is 0 Å². The van der Waals surface area contributed by atoms with E-state index in [2.05, 4.69) is 5.16 Å². The molecule has 1 aromatic heterocycles. The van der Waals surface area contributed by atoms with Crippen LogP contribution in [0.1, 0.15) is 42.2 Å². The first kappa shape index (κ1) is 21.2. The molecule has 0 amide bonds. The first-order chi connectivity index (χ1) is 13.8. The lowest BCUT2D eigenvalue weighted by atomic mass is 10.0. The minimum atomic E-state index is -0.867. The van der Waals surface area contributed by atoms with E-state index in [0.717, 1.165) is 16.7 Å². The predicted molar refractivity (Wildman–Crippen MR) is 113 cm³/mol. The molecule has 1 heterocycles. The SMILES string of the molecule is Cc1cc(OCc2c(-c3c(Cl)cccc3Cl)noc2C(C)C)ccc1CC(=O)O. The van der Waals surface area contributed by atoms with Gasteiger partial charge < -0.3 is 14.4 Å². The lowest BCUT2D eigenvalue weighted by Gasteiger charge is -2.12. The number of aryl methyl sites for hydroxylation is 1. The average molecular weight is 434 g/mol. The summed E-state index contributed by atoms with van der Waals surface area (Å²) >= 11 is 12.7. The van der Waals surface area contributed by atoms with Crippen molar-refractivity contribution in [2.24, 2.45) is 0 Å². The van der Waals surface area contributed by atoms with E-state index in [9.17, 15) is 4.79 Å². The molecule has 0 saturated carbocycles. The summed E-state index contributed by atoms with van der Waals surface area (Å²) in [5.74, 6) is 0.559. The highest BCUT2D eigenvalue weighted by Crippen LogP contribution is 2.38. The van der Waals surface area contributed by atoms with Gasteiger partial charge in [-0.1, -0.05) is 54.3 Å². The van der Waals surface area contributed by atoms with E-state index in [1.54, 1.807) is 30.3 Å². The highest BCUT2D eigenvalue weighted by atomic mass is 35.5. The summed E-state index contributed by atoms with van der Waals surface area (Å²) in [5, 5.41) is 14.2. The van der Waals surface area contributed by atoms with Crippen LogP contribution in [0.25, 0.3) is 11.3 Å². The molecule has 0 aliphatic heterocycles. The van der Waals surface area contributed by atoms with Crippen molar-refractivity contribution < 1.29 is 19.2 Å². The smallest absolute Gasteiger partial charge is 0.307 e. The second-order valence-corrected chi connectivity index (χ2v) is 7.89. The summed E-state index contributed by atoms with van der Waals surface area (Å²) in [7, 11) is 0. The largest absolute Gasteiger partial charge is 0.489 e. The van der Waals surface area contributed by atoms with Crippen LogP contribution in [0.2, 0.25) is 10.0 Å². The molecular formula is C22H21Cl2NO4. The van der Waals surface area contributed by atoms with Gasteiger partial charge in [0.05, 0.1) is 22.0 Å². The standard InChI is InChI=1S/C22H21Cl2NO4/c1-12(2)22-16(21(25-29-22)20-17(23)5-4-6-18(20)24)11-28-15-8-7-14(10-19(26)27)13(3)9-15/h4-9,12H,10-11H2,1-3H3,(H,26,27). The van der Waals surface area contributed by atoms with E-state index in [0.29, 0.717) is 32.8 Å². The van der Waals surface area contributed by atoms with E-state index in [1.165, 1.54) is 0 Å². The molecule has 0 spiro atoms. The number of carboxylic acid groups (broad SMARTS) is 1. The van der Waals surface area contributed by atoms with Crippen LogP contribution in [0.4, 0.5) is 0 Å². The van der Waals surface area contributed by atoms with Crippen molar-refractivity contribution >= 4 is 29.2 Å². The number of aromatic nitrogens is 1. The Morgan fingerprint density at radius 1 is 1.21 bits per heavy atom. The molecule has 5 nitrogen and oxygen atoms in total. The van der Waals surface area contributed by atoms with E-state index in [-0.39, 0.29) is 18.9 Å². The number of hydrogen-bond acceptors (Lipinski definition) is 4. The monoisotopic (exact) mass is 433 g/mol. The molecule has 0 radical (unpaired) electrons. The Bertz CT molecular complexity index is 1020. The van der Waals surface area contributed by atoms with Crippen molar-refractivity contribution in [3.05, 3.63) is 68.9 Å². The Hall–Kier alpha value is -2.50. The number of benzene rings is 2. The zero-order chi connectivity index (χ0) is 21.1. The van der Waals surface area contributed by atoms with Gasteiger partial charge in [0.25, 0.3) is 0 Å². The molecule has 0 saturated heterocycles. The third-order valence-electron chi connectivity index (χ3n) is 4.58. The summed E-state index contributed by atoms with van der Waals surface area (Å²) in [6, 6.07) is 10.6. The molecule has 3 rings (SSSR count). The van der Waals surface area contributed by atoms with E-state index in [4.69, 9.17) is 37.6 Å².